The van der Waals surface area contributed by atoms with Gasteiger partial charge in [-0.25, -0.2) is 4.98 Å². The molecule has 0 atom stereocenters. The van der Waals surface area contributed by atoms with Crippen molar-refractivity contribution in [2.24, 2.45) is 0 Å². The zero-order chi connectivity index (χ0) is 10.2. The molecule has 1 aromatic rings. The highest BCUT2D eigenvalue weighted by Gasteiger charge is 2.36. The lowest BCUT2D eigenvalue weighted by atomic mass is 10.2. The minimum absolute atomic E-state index is 0.382. The number of pyridine rings is 1. The molecule has 0 aromatic carbocycles. The second kappa shape index (κ2) is 3.52. The van der Waals surface area contributed by atoms with Crippen molar-refractivity contribution in [2.75, 3.05) is 0 Å². The number of aryl methyl sites for hydroxylation is 1. The first-order valence-electron chi connectivity index (χ1n) is 4.95. The predicted octanol–water partition coefficient (Wildman–Crippen LogP) is 2.69. The van der Waals surface area contributed by atoms with Crippen LogP contribution >= 0.6 is 11.6 Å². The predicted molar refractivity (Wildman–Crippen MR) is 58.5 cm³/mol. The monoisotopic (exact) mass is 210 g/mol. The summed E-state index contributed by atoms with van der Waals surface area (Å²) in [4.78, 5) is 4.13. The Morgan fingerprint density at radius 3 is 2.86 bits per heavy atom. The van der Waals surface area contributed by atoms with Crippen LogP contribution in [0.25, 0.3) is 0 Å². The van der Waals surface area contributed by atoms with E-state index in [1.165, 1.54) is 18.4 Å². The lowest BCUT2D eigenvalue weighted by molar-refractivity contribution is 0.537. The van der Waals surface area contributed by atoms with Crippen LogP contribution in [0, 0.1) is 6.92 Å². The van der Waals surface area contributed by atoms with Crippen molar-refractivity contribution in [1.82, 2.24) is 10.3 Å². The maximum Gasteiger partial charge on any atom is 0.131 e. The third-order valence-corrected chi connectivity index (χ3v) is 3.19. The quantitative estimate of drug-likeness (QED) is 0.776. The molecule has 76 valence electrons. The molecule has 2 nitrogen and oxygen atoms in total. The van der Waals surface area contributed by atoms with Gasteiger partial charge in [-0.3, -0.25) is 0 Å². The molecular formula is C11H15ClN2. The summed E-state index contributed by atoms with van der Waals surface area (Å²) in [6.45, 7) is 5.13. The molecule has 1 aliphatic carbocycles. The van der Waals surface area contributed by atoms with Crippen molar-refractivity contribution in [3.8, 4) is 0 Å². The first kappa shape index (κ1) is 9.94. The highest BCUT2D eigenvalue weighted by molar-refractivity contribution is 6.30. The highest BCUT2D eigenvalue weighted by atomic mass is 35.5. The Labute approximate surface area is 89.7 Å². The molecule has 3 heteroatoms. The lowest BCUT2D eigenvalue weighted by Gasteiger charge is -2.11. The van der Waals surface area contributed by atoms with Gasteiger partial charge in [0.05, 0.1) is 0 Å². The Morgan fingerprint density at radius 2 is 2.29 bits per heavy atom. The molecule has 0 bridgehead atoms. The van der Waals surface area contributed by atoms with Crippen LogP contribution in [-0.2, 0) is 6.54 Å². The van der Waals surface area contributed by atoms with Crippen molar-refractivity contribution >= 4 is 11.6 Å². The summed E-state index contributed by atoms with van der Waals surface area (Å²) < 4.78 is 0. The summed E-state index contributed by atoms with van der Waals surface area (Å²) in [6.07, 6.45) is 4.41. The SMILES string of the molecule is Cc1cc(CNC2(C)CC2)cnc1Cl. The van der Waals surface area contributed by atoms with E-state index < -0.39 is 0 Å². The van der Waals surface area contributed by atoms with Crippen molar-refractivity contribution in [3.05, 3.63) is 28.5 Å². The second-order valence-corrected chi connectivity index (χ2v) is 4.72. The molecule has 0 unspecified atom stereocenters. The highest BCUT2D eigenvalue weighted by Crippen LogP contribution is 2.34. The third-order valence-electron chi connectivity index (χ3n) is 2.79. The van der Waals surface area contributed by atoms with Crippen molar-refractivity contribution in [1.29, 1.82) is 0 Å². The fraction of sp³-hybridized carbons (Fsp3) is 0.545. The van der Waals surface area contributed by atoms with Crippen LogP contribution in [0.2, 0.25) is 5.15 Å². The first-order chi connectivity index (χ1) is 6.59. The maximum atomic E-state index is 5.85. The van der Waals surface area contributed by atoms with Gasteiger partial charge in [0, 0.05) is 18.3 Å². The Kier molecular flexibility index (Phi) is 2.50. The topological polar surface area (TPSA) is 24.9 Å². The van der Waals surface area contributed by atoms with Gasteiger partial charge < -0.3 is 5.32 Å². The van der Waals surface area contributed by atoms with Gasteiger partial charge in [-0.05, 0) is 37.8 Å². The van der Waals surface area contributed by atoms with Gasteiger partial charge in [-0.2, -0.15) is 0 Å². The minimum Gasteiger partial charge on any atom is -0.307 e. The van der Waals surface area contributed by atoms with Gasteiger partial charge in [0.15, 0.2) is 0 Å². The number of aromatic nitrogens is 1. The number of hydrogen-bond acceptors (Lipinski definition) is 2. The van der Waals surface area contributed by atoms with E-state index >= 15 is 0 Å². The van der Waals surface area contributed by atoms with Crippen LogP contribution in [-0.4, -0.2) is 10.5 Å². The molecule has 2 rings (SSSR count). The molecule has 1 aliphatic rings. The summed E-state index contributed by atoms with van der Waals surface area (Å²) >= 11 is 5.85. The summed E-state index contributed by atoms with van der Waals surface area (Å²) in [5.41, 5.74) is 2.64. The van der Waals surface area contributed by atoms with E-state index in [2.05, 4.69) is 23.3 Å². The Morgan fingerprint density at radius 1 is 1.57 bits per heavy atom. The first-order valence-corrected chi connectivity index (χ1v) is 5.33. The summed E-state index contributed by atoms with van der Waals surface area (Å²) in [5.74, 6) is 0. The molecule has 1 N–H and O–H groups in total. The molecule has 1 heterocycles. The van der Waals surface area contributed by atoms with Crippen LogP contribution < -0.4 is 5.32 Å². The number of nitrogens with one attached hydrogen (secondary N) is 1. The summed E-state index contributed by atoms with van der Waals surface area (Å²) in [7, 11) is 0. The molecule has 0 aliphatic heterocycles. The normalized spacial score (nSPS) is 18.2. The lowest BCUT2D eigenvalue weighted by Crippen LogP contribution is -2.27. The van der Waals surface area contributed by atoms with E-state index in [-0.39, 0.29) is 0 Å². The molecule has 1 fully saturated rings. The molecule has 1 saturated carbocycles. The standard InChI is InChI=1S/C11H15ClN2/c1-8-5-9(6-13-10(8)12)7-14-11(2)3-4-11/h5-6,14H,3-4,7H2,1-2H3. The van der Waals surface area contributed by atoms with Crippen molar-refractivity contribution < 1.29 is 0 Å². The summed E-state index contributed by atoms with van der Waals surface area (Å²) in [5, 5.41) is 4.12. The fourth-order valence-corrected chi connectivity index (χ4v) is 1.50. The average Bonchev–Trinajstić information content (AvgIpc) is 2.87. The summed E-state index contributed by atoms with van der Waals surface area (Å²) in [6, 6.07) is 2.09. The van der Waals surface area contributed by atoms with Gasteiger partial charge in [0.2, 0.25) is 0 Å². The zero-order valence-electron chi connectivity index (χ0n) is 8.60. The second-order valence-electron chi connectivity index (χ2n) is 4.37. The van der Waals surface area contributed by atoms with E-state index in [4.69, 9.17) is 11.6 Å². The van der Waals surface area contributed by atoms with Crippen LogP contribution in [0.4, 0.5) is 0 Å². The van der Waals surface area contributed by atoms with Crippen molar-refractivity contribution in [3.63, 3.8) is 0 Å². The van der Waals surface area contributed by atoms with Gasteiger partial charge >= 0.3 is 0 Å². The zero-order valence-corrected chi connectivity index (χ0v) is 9.36. The molecule has 0 radical (unpaired) electrons. The molecule has 0 spiro atoms. The number of halogens is 1. The van der Waals surface area contributed by atoms with Gasteiger partial charge in [-0.1, -0.05) is 17.7 Å². The average molecular weight is 211 g/mol. The minimum atomic E-state index is 0.382. The van der Waals surface area contributed by atoms with Crippen LogP contribution in [0.1, 0.15) is 30.9 Å². The maximum absolute atomic E-state index is 5.85. The van der Waals surface area contributed by atoms with Gasteiger partial charge in [-0.15, -0.1) is 0 Å². The van der Waals surface area contributed by atoms with Gasteiger partial charge in [0.25, 0.3) is 0 Å². The Bertz CT molecular complexity index is 345. The van der Waals surface area contributed by atoms with Crippen LogP contribution in [0.5, 0.6) is 0 Å². The van der Waals surface area contributed by atoms with Crippen molar-refractivity contribution in [2.45, 2.75) is 38.8 Å². The Balaban J connectivity index is 1.99. The van der Waals surface area contributed by atoms with Crippen LogP contribution in [0.3, 0.4) is 0 Å². The van der Waals surface area contributed by atoms with E-state index in [0.29, 0.717) is 10.7 Å². The molecule has 14 heavy (non-hydrogen) atoms. The number of hydrogen-bond donors (Lipinski definition) is 1. The smallest absolute Gasteiger partial charge is 0.131 e. The van der Waals surface area contributed by atoms with E-state index in [1.54, 1.807) is 0 Å². The molecular weight excluding hydrogens is 196 g/mol. The van der Waals surface area contributed by atoms with Gasteiger partial charge in [0.1, 0.15) is 5.15 Å². The molecule has 1 aromatic heterocycles. The number of nitrogens with zero attached hydrogens (tertiary/aromatic N) is 1. The third kappa shape index (κ3) is 2.25. The fourth-order valence-electron chi connectivity index (χ4n) is 1.39. The molecule has 0 saturated heterocycles. The van der Waals surface area contributed by atoms with Crippen LogP contribution in [0.15, 0.2) is 12.3 Å². The largest absolute Gasteiger partial charge is 0.307 e. The Hall–Kier alpha value is -0.600. The van der Waals surface area contributed by atoms with E-state index in [0.717, 1.165) is 12.1 Å². The molecule has 0 amide bonds. The van der Waals surface area contributed by atoms with E-state index in [1.807, 2.05) is 13.1 Å². The van der Waals surface area contributed by atoms with E-state index in [9.17, 15) is 0 Å². The number of rotatable bonds is 3.